The molecule has 2 rings (SSSR count). The van der Waals surface area contributed by atoms with E-state index in [1.165, 1.54) is 0 Å². The smallest absolute Gasteiger partial charge is 0.261 e. The zero-order valence-corrected chi connectivity index (χ0v) is 17.4. The molecule has 0 unspecified atom stereocenters. The molecule has 0 saturated carbocycles. The Morgan fingerprint density at radius 1 is 1.11 bits per heavy atom. The van der Waals surface area contributed by atoms with Gasteiger partial charge >= 0.3 is 0 Å². The lowest BCUT2D eigenvalue weighted by atomic mass is 10.1. The molecule has 0 aliphatic carbocycles. The van der Waals surface area contributed by atoms with Gasteiger partial charge in [-0.15, -0.1) is 0 Å². The Balaban J connectivity index is 2.22. The number of carbonyl (C=O) groups is 2. The van der Waals surface area contributed by atoms with E-state index in [2.05, 4.69) is 11.4 Å². The third-order valence-electron chi connectivity index (χ3n) is 4.94. The third kappa shape index (κ3) is 5.35. The van der Waals surface area contributed by atoms with Gasteiger partial charge < -0.3 is 15.0 Å². The molecule has 0 heterocycles. The molecular weight excluding hydrogens is 352 g/mol. The first-order valence-corrected chi connectivity index (χ1v) is 9.63. The number of likely N-dealkylation sites (N-methyl/N-ethyl adjacent to an activating group) is 1. The predicted molar refractivity (Wildman–Crippen MR) is 111 cm³/mol. The number of amides is 2. The van der Waals surface area contributed by atoms with E-state index in [1.807, 2.05) is 64.1 Å². The maximum Gasteiger partial charge on any atom is 0.261 e. The van der Waals surface area contributed by atoms with Gasteiger partial charge in [0.25, 0.3) is 5.91 Å². The second kappa shape index (κ2) is 9.93. The summed E-state index contributed by atoms with van der Waals surface area (Å²) in [6.07, 6.45) is 0.529. The lowest BCUT2D eigenvalue weighted by Crippen LogP contribution is -2.49. The largest absolute Gasteiger partial charge is 0.483 e. The van der Waals surface area contributed by atoms with Crippen molar-refractivity contribution in [3.05, 3.63) is 64.7 Å². The van der Waals surface area contributed by atoms with Crippen LogP contribution in [0.25, 0.3) is 0 Å². The number of ether oxygens (including phenoxy) is 1. The maximum atomic E-state index is 13.0. The fourth-order valence-electron chi connectivity index (χ4n) is 3.24. The minimum Gasteiger partial charge on any atom is -0.483 e. The van der Waals surface area contributed by atoms with E-state index >= 15 is 0 Å². The monoisotopic (exact) mass is 382 g/mol. The highest BCUT2D eigenvalue weighted by molar-refractivity contribution is 5.88. The van der Waals surface area contributed by atoms with Gasteiger partial charge in [-0.05, 0) is 55.5 Å². The molecule has 150 valence electrons. The van der Waals surface area contributed by atoms with E-state index in [0.29, 0.717) is 18.7 Å². The van der Waals surface area contributed by atoms with E-state index in [4.69, 9.17) is 4.74 Å². The second-order valence-corrected chi connectivity index (χ2v) is 7.04. The standard InChI is InChI=1S/C23H30N2O3/c1-6-20(23(27)24-5)25(14-19-10-8-7-9-11-19)22(26)15-28-21-13-16(2)12-17(3)18(21)4/h7-13,20H,6,14-15H2,1-5H3,(H,24,27)/t20-/m0/s1. The van der Waals surface area contributed by atoms with Gasteiger partial charge in [0.05, 0.1) is 0 Å². The highest BCUT2D eigenvalue weighted by Gasteiger charge is 2.28. The summed E-state index contributed by atoms with van der Waals surface area (Å²) in [6.45, 7) is 8.17. The molecule has 2 aromatic carbocycles. The lowest BCUT2D eigenvalue weighted by molar-refractivity contribution is -0.142. The fraction of sp³-hybridized carbons (Fsp3) is 0.391. The quantitative estimate of drug-likeness (QED) is 0.760. The van der Waals surface area contributed by atoms with Gasteiger partial charge in [-0.25, -0.2) is 0 Å². The molecule has 5 nitrogen and oxygen atoms in total. The van der Waals surface area contributed by atoms with Crippen LogP contribution in [0.15, 0.2) is 42.5 Å². The van der Waals surface area contributed by atoms with E-state index in [1.54, 1.807) is 11.9 Å². The van der Waals surface area contributed by atoms with Crippen molar-refractivity contribution in [2.75, 3.05) is 13.7 Å². The summed E-state index contributed by atoms with van der Waals surface area (Å²) < 4.78 is 5.86. The summed E-state index contributed by atoms with van der Waals surface area (Å²) in [6, 6.07) is 13.2. The van der Waals surface area contributed by atoms with Gasteiger partial charge in [0.1, 0.15) is 11.8 Å². The number of hydrogen-bond donors (Lipinski definition) is 1. The molecule has 0 aliphatic rings. The minimum absolute atomic E-state index is 0.107. The first-order chi connectivity index (χ1) is 13.4. The zero-order chi connectivity index (χ0) is 20.7. The van der Waals surface area contributed by atoms with E-state index in [-0.39, 0.29) is 18.4 Å². The average Bonchev–Trinajstić information content (AvgIpc) is 2.69. The molecule has 0 spiro atoms. The summed E-state index contributed by atoms with van der Waals surface area (Å²) in [7, 11) is 1.59. The lowest BCUT2D eigenvalue weighted by Gasteiger charge is -2.30. The molecule has 5 heteroatoms. The van der Waals surface area contributed by atoms with Crippen LogP contribution < -0.4 is 10.1 Å². The number of benzene rings is 2. The van der Waals surface area contributed by atoms with Crippen LogP contribution in [0, 0.1) is 20.8 Å². The first-order valence-electron chi connectivity index (χ1n) is 9.63. The molecule has 28 heavy (non-hydrogen) atoms. The van der Waals surface area contributed by atoms with Crippen LogP contribution >= 0.6 is 0 Å². The Morgan fingerprint density at radius 3 is 2.39 bits per heavy atom. The number of aryl methyl sites for hydroxylation is 2. The third-order valence-corrected chi connectivity index (χ3v) is 4.94. The van der Waals surface area contributed by atoms with Crippen molar-refractivity contribution < 1.29 is 14.3 Å². The number of rotatable bonds is 8. The van der Waals surface area contributed by atoms with Crippen molar-refractivity contribution in [3.63, 3.8) is 0 Å². The highest BCUT2D eigenvalue weighted by Crippen LogP contribution is 2.23. The van der Waals surface area contributed by atoms with Gasteiger partial charge in [-0.2, -0.15) is 0 Å². The van der Waals surface area contributed by atoms with Crippen molar-refractivity contribution in [1.82, 2.24) is 10.2 Å². The molecular formula is C23H30N2O3. The molecule has 1 atom stereocenters. The van der Waals surface area contributed by atoms with Gasteiger partial charge in [0.15, 0.2) is 6.61 Å². The summed E-state index contributed by atoms with van der Waals surface area (Å²) in [4.78, 5) is 27.0. The highest BCUT2D eigenvalue weighted by atomic mass is 16.5. The summed E-state index contributed by atoms with van der Waals surface area (Å²) >= 11 is 0. The maximum absolute atomic E-state index is 13.0. The fourth-order valence-corrected chi connectivity index (χ4v) is 3.24. The summed E-state index contributed by atoms with van der Waals surface area (Å²) in [5.74, 6) is 0.325. The molecule has 0 radical (unpaired) electrons. The van der Waals surface area contributed by atoms with Crippen molar-refractivity contribution in [3.8, 4) is 5.75 Å². The SMILES string of the molecule is CC[C@@H](C(=O)NC)N(Cc1ccccc1)C(=O)COc1cc(C)cc(C)c1C. The van der Waals surface area contributed by atoms with Crippen LogP contribution in [0.3, 0.4) is 0 Å². The van der Waals surface area contributed by atoms with Crippen molar-refractivity contribution in [1.29, 1.82) is 0 Å². The predicted octanol–water partition coefficient (Wildman–Crippen LogP) is 3.54. The van der Waals surface area contributed by atoms with E-state index < -0.39 is 6.04 Å². The number of carbonyl (C=O) groups excluding carboxylic acids is 2. The van der Waals surface area contributed by atoms with Crippen LogP contribution in [0.2, 0.25) is 0 Å². The van der Waals surface area contributed by atoms with Crippen molar-refractivity contribution >= 4 is 11.8 Å². The average molecular weight is 383 g/mol. The number of nitrogens with zero attached hydrogens (tertiary/aromatic N) is 1. The Bertz CT molecular complexity index is 818. The molecule has 0 bridgehead atoms. The Kier molecular flexibility index (Phi) is 7.61. The topological polar surface area (TPSA) is 58.6 Å². The van der Waals surface area contributed by atoms with Gasteiger partial charge in [0.2, 0.25) is 5.91 Å². The van der Waals surface area contributed by atoms with E-state index in [0.717, 1.165) is 22.3 Å². The minimum atomic E-state index is -0.540. The normalized spacial score (nSPS) is 11.6. The molecule has 0 fully saturated rings. The van der Waals surface area contributed by atoms with Crippen LogP contribution in [0.4, 0.5) is 0 Å². The van der Waals surface area contributed by atoms with Crippen LogP contribution in [-0.2, 0) is 16.1 Å². The van der Waals surface area contributed by atoms with Crippen LogP contribution in [0.5, 0.6) is 5.75 Å². The van der Waals surface area contributed by atoms with Crippen LogP contribution in [-0.4, -0.2) is 36.4 Å². The molecule has 0 aromatic heterocycles. The Morgan fingerprint density at radius 2 is 1.79 bits per heavy atom. The second-order valence-electron chi connectivity index (χ2n) is 7.04. The molecule has 1 N–H and O–H groups in total. The molecule has 2 amide bonds. The number of hydrogen-bond acceptors (Lipinski definition) is 3. The van der Waals surface area contributed by atoms with Gasteiger partial charge in [-0.1, -0.05) is 43.3 Å². The zero-order valence-electron chi connectivity index (χ0n) is 17.4. The van der Waals surface area contributed by atoms with Crippen molar-refractivity contribution in [2.45, 2.75) is 46.7 Å². The molecule has 0 saturated heterocycles. The van der Waals surface area contributed by atoms with Crippen molar-refractivity contribution in [2.24, 2.45) is 0 Å². The Labute approximate surface area is 167 Å². The Hall–Kier alpha value is -2.82. The molecule has 0 aliphatic heterocycles. The number of nitrogens with one attached hydrogen (secondary N) is 1. The summed E-state index contributed by atoms with van der Waals surface area (Å²) in [5.41, 5.74) is 4.20. The first kappa shape index (κ1) is 21.5. The van der Waals surface area contributed by atoms with E-state index in [9.17, 15) is 9.59 Å². The molecule has 2 aromatic rings. The van der Waals surface area contributed by atoms with Gasteiger partial charge in [0, 0.05) is 13.6 Å². The van der Waals surface area contributed by atoms with Crippen LogP contribution in [0.1, 0.15) is 35.6 Å². The van der Waals surface area contributed by atoms with Gasteiger partial charge in [-0.3, -0.25) is 9.59 Å². The summed E-state index contributed by atoms with van der Waals surface area (Å²) in [5, 5.41) is 2.66.